The van der Waals surface area contributed by atoms with E-state index in [0.717, 1.165) is 24.3 Å². The number of allylic oxidation sites excluding steroid dienone is 1. The average Bonchev–Trinajstić information content (AvgIpc) is 2.15. The van der Waals surface area contributed by atoms with E-state index < -0.39 is 11.7 Å². The summed E-state index contributed by atoms with van der Waals surface area (Å²) in [5.41, 5.74) is -0.244. The zero-order valence-corrected chi connectivity index (χ0v) is 8.06. The van der Waals surface area contributed by atoms with Crippen LogP contribution in [0.5, 0.6) is 0 Å². The number of hydrogen-bond donors (Lipinski definition) is 0. The van der Waals surface area contributed by atoms with Crippen molar-refractivity contribution in [1.82, 2.24) is 0 Å². The van der Waals surface area contributed by atoms with Gasteiger partial charge in [0.15, 0.2) is 5.78 Å². The lowest BCUT2D eigenvalue weighted by molar-refractivity contribution is -0.137. The Hall–Kier alpha value is -1.58. The fourth-order valence-corrected chi connectivity index (χ4v) is 1.06. The fraction of sp³-hybridized carbons (Fsp3) is 0.182. The summed E-state index contributed by atoms with van der Waals surface area (Å²) in [5.74, 6) is -0.344. The zero-order chi connectivity index (χ0) is 11.6. The maximum absolute atomic E-state index is 12.2. The Kier molecular flexibility index (Phi) is 2.98. The topological polar surface area (TPSA) is 17.1 Å². The van der Waals surface area contributed by atoms with Gasteiger partial charge in [0, 0.05) is 5.56 Å². The van der Waals surface area contributed by atoms with Gasteiger partial charge in [0.25, 0.3) is 0 Å². The van der Waals surface area contributed by atoms with Crippen LogP contribution in [0.15, 0.2) is 36.4 Å². The number of alkyl halides is 3. The highest BCUT2D eigenvalue weighted by Crippen LogP contribution is 2.29. The Labute approximate surface area is 85.2 Å². The molecule has 0 N–H and O–H groups in total. The summed E-state index contributed by atoms with van der Waals surface area (Å²) in [6.45, 7) is 4.94. The normalized spacial score (nSPS) is 11.2. The van der Waals surface area contributed by atoms with Crippen LogP contribution in [0.2, 0.25) is 0 Å². The Morgan fingerprint density at radius 3 is 2.00 bits per heavy atom. The molecule has 1 rings (SSSR count). The third-order valence-electron chi connectivity index (χ3n) is 1.86. The molecule has 0 unspecified atom stereocenters. The maximum atomic E-state index is 12.2. The Bertz CT molecular complexity index is 387. The number of halogens is 3. The van der Waals surface area contributed by atoms with E-state index in [4.69, 9.17) is 0 Å². The van der Waals surface area contributed by atoms with E-state index in [1.165, 1.54) is 6.92 Å². The highest BCUT2D eigenvalue weighted by Gasteiger charge is 2.30. The van der Waals surface area contributed by atoms with Crippen LogP contribution in [-0.4, -0.2) is 5.78 Å². The molecule has 0 aliphatic heterocycles. The predicted octanol–water partition coefficient (Wildman–Crippen LogP) is 3.46. The van der Waals surface area contributed by atoms with E-state index in [2.05, 4.69) is 6.58 Å². The van der Waals surface area contributed by atoms with E-state index >= 15 is 0 Å². The molecule has 0 heterocycles. The van der Waals surface area contributed by atoms with Crippen LogP contribution in [0.3, 0.4) is 0 Å². The monoisotopic (exact) mass is 214 g/mol. The van der Waals surface area contributed by atoms with E-state index in [0.29, 0.717) is 5.57 Å². The predicted molar refractivity (Wildman–Crippen MR) is 50.6 cm³/mol. The second-order valence-corrected chi connectivity index (χ2v) is 3.18. The first-order valence-corrected chi connectivity index (χ1v) is 4.20. The van der Waals surface area contributed by atoms with E-state index in [1.807, 2.05) is 0 Å². The first-order valence-electron chi connectivity index (χ1n) is 4.20. The summed E-state index contributed by atoms with van der Waals surface area (Å²) < 4.78 is 36.5. The van der Waals surface area contributed by atoms with Crippen molar-refractivity contribution in [3.05, 3.63) is 47.5 Å². The molecule has 1 nitrogen and oxygen atoms in total. The van der Waals surface area contributed by atoms with Gasteiger partial charge in [0.05, 0.1) is 5.56 Å². The number of ketones is 1. The third-order valence-corrected chi connectivity index (χ3v) is 1.86. The van der Waals surface area contributed by atoms with Crippen LogP contribution in [0.4, 0.5) is 13.2 Å². The van der Waals surface area contributed by atoms with E-state index in [1.54, 1.807) is 0 Å². The van der Waals surface area contributed by atoms with Gasteiger partial charge in [-0.3, -0.25) is 4.79 Å². The number of carbonyl (C=O) groups is 1. The molecule has 1 aromatic carbocycles. The third kappa shape index (κ3) is 2.68. The van der Waals surface area contributed by atoms with Gasteiger partial charge in [-0.05, 0) is 24.6 Å². The van der Waals surface area contributed by atoms with Crippen LogP contribution in [0, 0.1) is 0 Å². The molecule has 0 spiro atoms. The molecule has 0 aliphatic carbocycles. The lowest BCUT2D eigenvalue weighted by atomic mass is 10.0. The van der Waals surface area contributed by atoms with Crippen molar-refractivity contribution in [1.29, 1.82) is 0 Å². The molecule has 0 fully saturated rings. The SMILES string of the molecule is C=C(C)C(=O)c1ccc(C(F)(F)F)cc1. The van der Waals surface area contributed by atoms with Gasteiger partial charge < -0.3 is 0 Å². The highest BCUT2D eigenvalue weighted by molar-refractivity contribution is 6.07. The summed E-state index contributed by atoms with van der Waals surface area (Å²) >= 11 is 0. The first-order chi connectivity index (χ1) is 6.82. The summed E-state index contributed by atoms with van der Waals surface area (Å²) in [6, 6.07) is 4.08. The highest BCUT2D eigenvalue weighted by atomic mass is 19.4. The van der Waals surface area contributed by atoms with Crippen molar-refractivity contribution >= 4 is 5.78 Å². The number of carbonyl (C=O) groups excluding carboxylic acids is 1. The molecule has 15 heavy (non-hydrogen) atoms. The molecule has 0 saturated heterocycles. The molecular weight excluding hydrogens is 205 g/mol. The molecule has 1 aromatic rings. The van der Waals surface area contributed by atoms with Gasteiger partial charge in [-0.2, -0.15) is 13.2 Å². The Morgan fingerprint density at radius 2 is 1.67 bits per heavy atom. The van der Waals surface area contributed by atoms with Crippen molar-refractivity contribution in [2.75, 3.05) is 0 Å². The molecule has 0 amide bonds. The molecule has 0 aromatic heterocycles. The average molecular weight is 214 g/mol. The minimum Gasteiger partial charge on any atom is -0.289 e. The minimum absolute atomic E-state index is 0.218. The van der Waals surface area contributed by atoms with Gasteiger partial charge in [-0.25, -0.2) is 0 Å². The van der Waals surface area contributed by atoms with Gasteiger partial charge in [-0.15, -0.1) is 0 Å². The summed E-state index contributed by atoms with van der Waals surface area (Å²) in [4.78, 5) is 11.3. The van der Waals surface area contributed by atoms with Crippen LogP contribution >= 0.6 is 0 Å². The lowest BCUT2D eigenvalue weighted by Crippen LogP contribution is -2.06. The maximum Gasteiger partial charge on any atom is 0.416 e. The van der Waals surface area contributed by atoms with Crippen molar-refractivity contribution in [2.24, 2.45) is 0 Å². The van der Waals surface area contributed by atoms with Crippen molar-refractivity contribution in [2.45, 2.75) is 13.1 Å². The molecular formula is C11H9F3O. The van der Waals surface area contributed by atoms with Gasteiger partial charge in [-0.1, -0.05) is 18.7 Å². The largest absolute Gasteiger partial charge is 0.416 e. The molecule has 4 heteroatoms. The molecule has 0 atom stereocenters. The number of Topliss-reactive ketones (excluding diaryl/α,β-unsaturated/α-hetero) is 1. The molecule has 0 aliphatic rings. The number of hydrogen-bond acceptors (Lipinski definition) is 1. The second kappa shape index (κ2) is 3.88. The Balaban J connectivity index is 3.01. The van der Waals surface area contributed by atoms with Crippen LogP contribution in [-0.2, 0) is 6.18 Å². The van der Waals surface area contributed by atoms with E-state index in [-0.39, 0.29) is 11.3 Å². The smallest absolute Gasteiger partial charge is 0.289 e. The Morgan fingerprint density at radius 1 is 1.20 bits per heavy atom. The summed E-state index contributed by atoms with van der Waals surface area (Å²) in [6.07, 6.45) is -4.37. The van der Waals surface area contributed by atoms with Gasteiger partial charge in [0.2, 0.25) is 0 Å². The van der Waals surface area contributed by atoms with Gasteiger partial charge in [0.1, 0.15) is 0 Å². The quantitative estimate of drug-likeness (QED) is 0.544. The van der Waals surface area contributed by atoms with Crippen LogP contribution in [0.1, 0.15) is 22.8 Å². The summed E-state index contributed by atoms with van der Waals surface area (Å²) in [7, 11) is 0. The lowest BCUT2D eigenvalue weighted by Gasteiger charge is -2.06. The molecule has 0 radical (unpaired) electrons. The van der Waals surface area contributed by atoms with Gasteiger partial charge >= 0.3 is 6.18 Å². The number of benzene rings is 1. The van der Waals surface area contributed by atoms with Crippen LogP contribution < -0.4 is 0 Å². The molecule has 0 bridgehead atoms. The van der Waals surface area contributed by atoms with Crippen LogP contribution in [0.25, 0.3) is 0 Å². The van der Waals surface area contributed by atoms with Crippen molar-refractivity contribution < 1.29 is 18.0 Å². The van der Waals surface area contributed by atoms with Crippen molar-refractivity contribution in [3.63, 3.8) is 0 Å². The second-order valence-electron chi connectivity index (χ2n) is 3.18. The molecule has 0 saturated carbocycles. The van der Waals surface area contributed by atoms with Crippen molar-refractivity contribution in [3.8, 4) is 0 Å². The zero-order valence-electron chi connectivity index (χ0n) is 8.06. The minimum atomic E-state index is -4.37. The molecule has 80 valence electrons. The summed E-state index contributed by atoms with van der Waals surface area (Å²) in [5, 5.41) is 0. The standard InChI is InChI=1S/C11H9F3O/c1-7(2)10(15)8-3-5-9(6-4-8)11(12,13)14/h3-6H,1H2,2H3. The fourth-order valence-electron chi connectivity index (χ4n) is 1.06. The number of rotatable bonds is 2. The van der Waals surface area contributed by atoms with E-state index in [9.17, 15) is 18.0 Å². The first kappa shape index (κ1) is 11.5.